The van der Waals surface area contributed by atoms with Crippen molar-refractivity contribution in [2.24, 2.45) is 0 Å². The number of rotatable bonds is 4. The Morgan fingerprint density at radius 1 is 0.759 bits per heavy atom. The highest BCUT2D eigenvalue weighted by atomic mass is 35.5. The molecule has 0 spiro atoms. The number of aromatic hydroxyl groups is 2. The highest BCUT2D eigenvalue weighted by Gasteiger charge is 2.51. The van der Waals surface area contributed by atoms with E-state index in [-0.39, 0.29) is 42.5 Å². The number of halogens is 4. The lowest BCUT2D eigenvalue weighted by atomic mass is 9.83. The van der Waals surface area contributed by atoms with Gasteiger partial charge in [-0.25, -0.2) is 0 Å². The maximum atomic E-state index is 13.0. The van der Waals surface area contributed by atoms with Gasteiger partial charge >= 0.3 is 0 Å². The zero-order valence-electron chi connectivity index (χ0n) is 14.3. The second-order valence-electron chi connectivity index (χ2n) is 6.12. The first-order valence-electron chi connectivity index (χ1n) is 7.89. The number of hydrogen-bond acceptors (Lipinski definition) is 4. The molecule has 10 heteroatoms. The molecule has 152 valence electrons. The van der Waals surface area contributed by atoms with E-state index >= 15 is 0 Å². The smallest absolute Gasteiger partial charge is 0.283 e. The fraction of sp³-hybridized carbons (Fsp3) is 0.0526. The third kappa shape index (κ3) is 3.77. The van der Waals surface area contributed by atoms with Crippen LogP contribution in [-0.4, -0.2) is 23.2 Å². The predicted octanol–water partition coefficient (Wildman–Crippen LogP) is 5.89. The molecule has 0 aliphatic carbocycles. The van der Waals surface area contributed by atoms with E-state index in [1.807, 2.05) is 0 Å². The summed E-state index contributed by atoms with van der Waals surface area (Å²) in [6.07, 6.45) is 0. The molecule has 0 aromatic heterocycles. The van der Waals surface area contributed by atoms with Crippen LogP contribution in [-0.2, 0) is 14.9 Å². The first kappa shape index (κ1) is 22.0. The van der Waals surface area contributed by atoms with E-state index in [4.69, 9.17) is 46.4 Å². The molecule has 3 N–H and O–H groups in total. The van der Waals surface area contributed by atoms with Crippen LogP contribution in [0.15, 0.2) is 54.6 Å². The summed E-state index contributed by atoms with van der Waals surface area (Å²) in [5, 5.41) is 19.8. The molecule has 29 heavy (non-hydrogen) atoms. The minimum absolute atomic E-state index is 0.0900. The van der Waals surface area contributed by atoms with Crippen molar-refractivity contribution in [2.45, 2.75) is 4.75 Å². The molecule has 0 saturated carbocycles. The maximum absolute atomic E-state index is 13.0. The fourth-order valence-electron chi connectivity index (χ4n) is 3.21. The Morgan fingerprint density at radius 3 is 2.03 bits per heavy atom. The average Bonchev–Trinajstić information content (AvgIpc) is 2.60. The van der Waals surface area contributed by atoms with Crippen LogP contribution in [0.25, 0.3) is 0 Å². The molecule has 0 aliphatic heterocycles. The van der Waals surface area contributed by atoms with Crippen molar-refractivity contribution in [1.29, 1.82) is 0 Å². The monoisotopic (exact) mass is 492 g/mol. The largest absolute Gasteiger partial charge is 0.508 e. The van der Waals surface area contributed by atoms with Crippen LogP contribution < -0.4 is 0 Å². The molecule has 3 aromatic carbocycles. The topological polar surface area (TPSA) is 94.8 Å². The van der Waals surface area contributed by atoms with Crippen LogP contribution in [0.3, 0.4) is 0 Å². The number of benzene rings is 3. The molecule has 1 unspecified atom stereocenters. The normalized spacial score (nSPS) is 13.8. The highest BCUT2D eigenvalue weighted by Crippen LogP contribution is 2.51. The lowest BCUT2D eigenvalue weighted by Gasteiger charge is -2.34. The Bertz CT molecular complexity index is 1210. The Hall–Kier alpha value is -1.67. The summed E-state index contributed by atoms with van der Waals surface area (Å²) in [5.41, 5.74) is -0.463. The zero-order valence-corrected chi connectivity index (χ0v) is 18.1. The fourth-order valence-corrected chi connectivity index (χ4v) is 5.66. The standard InChI is InChI=1S/C19H12Cl4O5S/c20-11-4-5-14(16(21)7-11)19(29(26,27)28,10-2-1-3-12(24)6-10)15-8-13(25)9-17(22)18(15)23/h1-9,24-25H,(H,26,27,28). The van der Waals surface area contributed by atoms with E-state index in [1.54, 1.807) is 0 Å². The van der Waals surface area contributed by atoms with Gasteiger partial charge in [0.2, 0.25) is 0 Å². The van der Waals surface area contributed by atoms with Crippen molar-refractivity contribution in [1.82, 2.24) is 0 Å². The molecule has 0 fully saturated rings. The Morgan fingerprint density at radius 2 is 1.45 bits per heavy atom. The zero-order chi connectivity index (χ0) is 21.6. The molecule has 3 aromatic rings. The van der Waals surface area contributed by atoms with Crippen molar-refractivity contribution in [3.8, 4) is 11.5 Å². The summed E-state index contributed by atoms with van der Waals surface area (Å²) in [5.74, 6) is -0.671. The van der Waals surface area contributed by atoms with Gasteiger partial charge in [-0.05, 0) is 35.9 Å². The van der Waals surface area contributed by atoms with E-state index in [9.17, 15) is 23.2 Å². The van der Waals surface area contributed by atoms with Crippen LogP contribution in [0.4, 0.5) is 0 Å². The van der Waals surface area contributed by atoms with Gasteiger partial charge in [0, 0.05) is 27.2 Å². The van der Waals surface area contributed by atoms with Gasteiger partial charge in [-0.1, -0.05) is 64.6 Å². The predicted molar refractivity (Wildman–Crippen MR) is 114 cm³/mol. The van der Waals surface area contributed by atoms with Gasteiger partial charge in [0.1, 0.15) is 11.5 Å². The molecular weight excluding hydrogens is 482 g/mol. The summed E-state index contributed by atoms with van der Waals surface area (Å²) in [4.78, 5) is 0. The highest BCUT2D eigenvalue weighted by molar-refractivity contribution is 7.87. The van der Waals surface area contributed by atoms with E-state index in [2.05, 4.69) is 0 Å². The summed E-state index contributed by atoms with van der Waals surface area (Å²) < 4.78 is 34.0. The van der Waals surface area contributed by atoms with E-state index < -0.39 is 20.6 Å². The summed E-state index contributed by atoms with van der Waals surface area (Å²) in [6, 6.07) is 11.3. The van der Waals surface area contributed by atoms with Gasteiger partial charge in [0.05, 0.1) is 10.0 Å². The average molecular weight is 494 g/mol. The van der Waals surface area contributed by atoms with Crippen LogP contribution in [0.5, 0.6) is 11.5 Å². The van der Waals surface area contributed by atoms with Crippen molar-refractivity contribution < 1.29 is 23.2 Å². The first-order chi connectivity index (χ1) is 13.5. The third-order valence-electron chi connectivity index (χ3n) is 4.34. The molecule has 0 radical (unpaired) electrons. The molecular formula is C19H12Cl4O5S. The van der Waals surface area contributed by atoms with Crippen molar-refractivity contribution >= 4 is 56.5 Å². The second-order valence-corrected chi connectivity index (χ2v) is 9.31. The van der Waals surface area contributed by atoms with Gasteiger partial charge in [-0.3, -0.25) is 4.55 Å². The van der Waals surface area contributed by atoms with Crippen LogP contribution in [0.2, 0.25) is 20.1 Å². The molecule has 0 bridgehead atoms. The van der Waals surface area contributed by atoms with Crippen LogP contribution >= 0.6 is 46.4 Å². The van der Waals surface area contributed by atoms with Crippen LogP contribution in [0.1, 0.15) is 16.7 Å². The molecule has 0 amide bonds. The van der Waals surface area contributed by atoms with Crippen molar-refractivity contribution in [3.63, 3.8) is 0 Å². The lowest BCUT2D eigenvalue weighted by molar-refractivity contribution is 0.455. The number of phenolic OH excluding ortho intramolecular Hbond substituents is 2. The number of phenols is 2. The summed E-state index contributed by atoms with van der Waals surface area (Å²) in [7, 11) is -5.09. The molecule has 0 heterocycles. The Kier molecular flexibility index (Phi) is 5.98. The van der Waals surface area contributed by atoms with Crippen LogP contribution in [0, 0.1) is 0 Å². The second kappa shape index (κ2) is 7.87. The van der Waals surface area contributed by atoms with E-state index in [0.717, 1.165) is 18.2 Å². The van der Waals surface area contributed by atoms with Crippen molar-refractivity contribution in [2.75, 3.05) is 0 Å². The summed E-state index contributed by atoms with van der Waals surface area (Å²) >= 11 is 24.7. The van der Waals surface area contributed by atoms with Gasteiger partial charge in [0.25, 0.3) is 10.1 Å². The molecule has 0 saturated heterocycles. The Labute approximate surface area is 186 Å². The van der Waals surface area contributed by atoms with Gasteiger partial charge in [-0.15, -0.1) is 0 Å². The van der Waals surface area contributed by atoms with Crippen molar-refractivity contribution in [3.05, 3.63) is 91.4 Å². The maximum Gasteiger partial charge on any atom is 0.283 e. The minimum Gasteiger partial charge on any atom is -0.508 e. The number of hydrogen-bond donors (Lipinski definition) is 3. The van der Waals surface area contributed by atoms with Gasteiger partial charge in [-0.2, -0.15) is 8.42 Å². The lowest BCUT2D eigenvalue weighted by Crippen LogP contribution is -2.39. The quantitative estimate of drug-likeness (QED) is 0.311. The van der Waals surface area contributed by atoms with Gasteiger partial charge in [0.15, 0.2) is 4.75 Å². The van der Waals surface area contributed by atoms with Gasteiger partial charge < -0.3 is 10.2 Å². The Balaban J connectivity index is 2.63. The first-order valence-corrected chi connectivity index (χ1v) is 10.8. The SMILES string of the molecule is O=S(=O)(O)C(c1cccc(O)c1)(c1ccc(Cl)cc1Cl)c1cc(O)cc(Cl)c1Cl. The van der Waals surface area contributed by atoms with E-state index in [1.165, 1.54) is 36.4 Å². The molecule has 5 nitrogen and oxygen atoms in total. The minimum atomic E-state index is -5.09. The summed E-state index contributed by atoms with van der Waals surface area (Å²) in [6.45, 7) is 0. The molecule has 1 atom stereocenters. The molecule has 3 rings (SSSR count). The molecule has 0 aliphatic rings. The van der Waals surface area contributed by atoms with E-state index in [0.29, 0.717) is 0 Å². The third-order valence-corrected chi connectivity index (χ3v) is 7.14.